The van der Waals surface area contributed by atoms with E-state index in [2.05, 4.69) is 5.32 Å². The average molecular weight is 259 g/mol. The Morgan fingerprint density at radius 3 is 2.47 bits per heavy atom. The molecule has 0 aliphatic rings. The number of para-hydroxylation sites is 1. The summed E-state index contributed by atoms with van der Waals surface area (Å²) in [5, 5.41) is 2.70. The van der Waals surface area contributed by atoms with Gasteiger partial charge in [-0.3, -0.25) is 4.79 Å². The van der Waals surface area contributed by atoms with Crippen LogP contribution in [0.3, 0.4) is 0 Å². The van der Waals surface area contributed by atoms with Crippen molar-refractivity contribution in [3.8, 4) is 0 Å². The highest BCUT2D eigenvalue weighted by Crippen LogP contribution is 2.11. The molecule has 0 bridgehead atoms. The van der Waals surface area contributed by atoms with Crippen LogP contribution in [0.25, 0.3) is 0 Å². The minimum atomic E-state index is -0.424. The second kappa shape index (κ2) is 6.54. The Hall–Kier alpha value is -2.36. The molecule has 2 aromatic carbocycles. The molecule has 0 saturated carbocycles. The number of esters is 1. The Balaban J connectivity index is 1.78. The number of carbonyl (C=O) groups excluding carboxylic acids is 1. The second-order valence-electron chi connectivity index (χ2n) is 3.98. The van der Waals surface area contributed by atoms with Crippen molar-refractivity contribution in [1.29, 1.82) is 0 Å². The van der Waals surface area contributed by atoms with Gasteiger partial charge in [-0.15, -0.1) is 0 Å². The summed E-state index contributed by atoms with van der Waals surface area (Å²) in [6.07, 6.45) is 0. The number of halogens is 1. The molecule has 0 atom stereocenters. The highest BCUT2D eigenvalue weighted by molar-refractivity contribution is 5.75. The number of ether oxygens (including phenoxy) is 1. The van der Waals surface area contributed by atoms with Crippen LogP contribution in [0.4, 0.5) is 10.1 Å². The van der Waals surface area contributed by atoms with E-state index >= 15 is 0 Å². The number of benzene rings is 2. The molecule has 0 fully saturated rings. The Morgan fingerprint density at radius 2 is 1.74 bits per heavy atom. The van der Waals surface area contributed by atoms with E-state index in [1.807, 2.05) is 30.3 Å². The summed E-state index contributed by atoms with van der Waals surface area (Å²) in [6.45, 7) is 0.159. The van der Waals surface area contributed by atoms with Crippen molar-refractivity contribution in [3.63, 3.8) is 0 Å². The Morgan fingerprint density at radius 1 is 1.05 bits per heavy atom. The molecule has 1 N–H and O–H groups in total. The van der Waals surface area contributed by atoms with Crippen LogP contribution >= 0.6 is 0 Å². The summed E-state index contributed by atoms with van der Waals surface area (Å²) in [5.74, 6) is -0.814. The van der Waals surface area contributed by atoms with Gasteiger partial charge in [0, 0.05) is 0 Å². The van der Waals surface area contributed by atoms with Crippen molar-refractivity contribution in [2.24, 2.45) is 0 Å². The molecular weight excluding hydrogens is 245 g/mol. The summed E-state index contributed by atoms with van der Waals surface area (Å²) in [4.78, 5) is 11.5. The number of nitrogens with one attached hydrogen (secondary N) is 1. The molecule has 19 heavy (non-hydrogen) atoms. The second-order valence-corrected chi connectivity index (χ2v) is 3.98. The fourth-order valence-electron chi connectivity index (χ4n) is 1.56. The first-order chi connectivity index (χ1) is 9.25. The maximum Gasteiger partial charge on any atom is 0.325 e. The molecular formula is C15H14FNO2. The fourth-order valence-corrected chi connectivity index (χ4v) is 1.56. The van der Waals surface area contributed by atoms with Crippen molar-refractivity contribution in [2.75, 3.05) is 11.9 Å². The van der Waals surface area contributed by atoms with E-state index in [-0.39, 0.29) is 13.2 Å². The predicted molar refractivity (Wildman–Crippen MR) is 71.1 cm³/mol. The smallest absolute Gasteiger partial charge is 0.325 e. The SMILES string of the molecule is O=C(CNc1ccccc1F)OCc1ccccc1. The van der Waals surface area contributed by atoms with E-state index < -0.39 is 11.8 Å². The molecule has 0 unspecified atom stereocenters. The lowest BCUT2D eigenvalue weighted by atomic mass is 10.2. The van der Waals surface area contributed by atoms with Crippen molar-refractivity contribution >= 4 is 11.7 Å². The zero-order valence-corrected chi connectivity index (χ0v) is 10.3. The van der Waals surface area contributed by atoms with E-state index in [9.17, 15) is 9.18 Å². The van der Waals surface area contributed by atoms with Crippen LogP contribution in [0.1, 0.15) is 5.56 Å². The van der Waals surface area contributed by atoms with Gasteiger partial charge in [0.2, 0.25) is 0 Å². The van der Waals surface area contributed by atoms with Crippen molar-refractivity contribution in [3.05, 3.63) is 66.0 Å². The zero-order chi connectivity index (χ0) is 13.5. The molecule has 98 valence electrons. The van der Waals surface area contributed by atoms with Crippen LogP contribution in [-0.2, 0) is 16.1 Å². The summed E-state index contributed by atoms with van der Waals surface area (Å²) in [5.41, 5.74) is 1.21. The van der Waals surface area contributed by atoms with Crippen LogP contribution in [-0.4, -0.2) is 12.5 Å². The average Bonchev–Trinajstić information content (AvgIpc) is 2.45. The Bertz CT molecular complexity index is 543. The number of anilines is 1. The van der Waals surface area contributed by atoms with Crippen molar-refractivity contribution < 1.29 is 13.9 Å². The monoisotopic (exact) mass is 259 g/mol. The fraction of sp³-hybridized carbons (Fsp3) is 0.133. The number of hydrogen-bond donors (Lipinski definition) is 1. The number of carbonyl (C=O) groups is 1. The summed E-state index contributed by atoms with van der Waals surface area (Å²) in [6, 6.07) is 15.6. The number of hydrogen-bond acceptors (Lipinski definition) is 3. The van der Waals surface area contributed by atoms with Gasteiger partial charge < -0.3 is 10.1 Å². The third-order valence-corrected chi connectivity index (χ3v) is 2.54. The first-order valence-electron chi connectivity index (χ1n) is 5.93. The Kier molecular flexibility index (Phi) is 4.50. The molecule has 3 nitrogen and oxygen atoms in total. The van der Waals surface area contributed by atoms with Gasteiger partial charge in [-0.25, -0.2) is 4.39 Å². The first-order valence-corrected chi connectivity index (χ1v) is 5.93. The molecule has 0 amide bonds. The molecule has 0 spiro atoms. The molecule has 2 aromatic rings. The van der Waals surface area contributed by atoms with Crippen LogP contribution in [0.5, 0.6) is 0 Å². The minimum absolute atomic E-state index is 0.0617. The van der Waals surface area contributed by atoms with E-state index in [0.29, 0.717) is 5.69 Å². The Labute approximate surface area is 111 Å². The van der Waals surface area contributed by atoms with Gasteiger partial charge in [-0.2, -0.15) is 0 Å². The molecule has 4 heteroatoms. The molecule has 0 heterocycles. The van der Waals surface area contributed by atoms with Gasteiger partial charge >= 0.3 is 5.97 Å². The predicted octanol–water partition coefficient (Wildman–Crippen LogP) is 2.98. The summed E-state index contributed by atoms with van der Waals surface area (Å²) >= 11 is 0. The van der Waals surface area contributed by atoms with Crippen molar-refractivity contribution in [2.45, 2.75) is 6.61 Å². The van der Waals surface area contributed by atoms with E-state index in [1.54, 1.807) is 18.2 Å². The quantitative estimate of drug-likeness (QED) is 0.839. The molecule has 0 saturated heterocycles. The molecule has 0 radical (unpaired) electrons. The van der Waals surface area contributed by atoms with E-state index in [0.717, 1.165) is 5.56 Å². The van der Waals surface area contributed by atoms with Crippen LogP contribution < -0.4 is 5.32 Å². The molecule has 2 rings (SSSR count). The third-order valence-electron chi connectivity index (χ3n) is 2.54. The van der Waals surface area contributed by atoms with Gasteiger partial charge in [-0.1, -0.05) is 42.5 Å². The summed E-state index contributed by atoms with van der Waals surface area (Å²) in [7, 11) is 0. The first kappa shape index (κ1) is 13.1. The highest BCUT2D eigenvalue weighted by Gasteiger charge is 2.05. The maximum atomic E-state index is 13.3. The minimum Gasteiger partial charge on any atom is -0.460 e. The lowest BCUT2D eigenvalue weighted by Gasteiger charge is -2.08. The van der Waals surface area contributed by atoms with Gasteiger partial charge in [0.1, 0.15) is 19.0 Å². The van der Waals surface area contributed by atoms with Gasteiger partial charge in [0.25, 0.3) is 0 Å². The maximum absolute atomic E-state index is 13.3. The van der Waals surface area contributed by atoms with Crippen LogP contribution in [0.2, 0.25) is 0 Å². The van der Waals surface area contributed by atoms with Crippen LogP contribution in [0.15, 0.2) is 54.6 Å². The largest absolute Gasteiger partial charge is 0.460 e. The lowest BCUT2D eigenvalue weighted by molar-refractivity contribution is -0.142. The lowest BCUT2D eigenvalue weighted by Crippen LogP contribution is -2.17. The van der Waals surface area contributed by atoms with Crippen LogP contribution in [0, 0.1) is 5.82 Å². The number of rotatable bonds is 5. The molecule has 0 aliphatic carbocycles. The molecule has 0 aromatic heterocycles. The zero-order valence-electron chi connectivity index (χ0n) is 10.3. The van der Waals surface area contributed by atoms with Gasteiger partial charge in [-0.05, 0) is 17.7 Å². The molecule has 0 aliphatic heterocycles. The topological polar surface area (TPSA) is 38.3 Å². The van der Waals surface area contributed by atoms with Gasteiger partial charge in [0.15, 0.2) is 0 Å². The van der Waals surface area contributed by atoms with Gasteiger partial charge in [0.05, 0.1) is 5.69 Å². The normalized spacial score (nSPS) is 9.95. The van der Waals surface area contributed by atoms with E-state index in [4.69, 9.17) is 4.74 Å². The highest BCUT2D eigenvalue weighted by atomic mass is 19.1. The van der Waals surface area contributed by atoms with Crippen molar-refractivity contribution in [1.82, 2.24) is 0 Å². The third kappa shape index (κ3) is 4.10. The summed E-state index contributed by atoms with van der Waals surface area (Å²) < 4.78 is 18.3. The van der Waals surface area contributed by atoms with E-state index in [1.165, 1.54) is 6.07 Å². The standard InChI is InChI=1S/C15H14FNO2/c16-13-8-4-5-9-14(13)17-10-15(18)19-11-12-6-2-1-3-7-12/h1-9,17H,10-11H2.